The first-order valence-electron chi connectivity index (χ1n) is 9.00. The highest BCUT2D eigenvalue weighted by Gasteiger charge is 2.27. The highest BCUT2D eigenvalue weighted by atomic mass is 16.2. The second-order valence-electron chi connectivity index (χ2n) is 6.97. The van der Waals surface area contributed by atoms with Crippen LogP contribution in [0.3, 0.4) is 0 Å². The number of amides is 1. The number of carbonyl (C=O) groups excluding carboxylic acids is 1. The van der Waals surface area contributed by atoms with Crippen LogP contribution in [0.1, 0.15) is 25.3 Å². The largest absolute Gasteiger partial charge is 0.342 e. The van der Waals surface area contributed by atoms with Crippen molar-refractivity contribution in [1.82, 2.24) is 14.7 Å². The molecule has 4 nitrogen and oxygen atoms in total. The first-order valence-corrected chi connectivity index (χ1v) is 9.00. The summed E-state index contributed by atoms with van der Waals surface area (Å²) in [6.07, 6.45) is 2.15. The van der Waals surface area contributed by atoms with Crippen molar-refractivity contribution in [2.24, 2.45) is 5.92 Å². The fraction of sp³-hybridized carbons (Fsp3) is 0.632. The van der Waals surface area contributed by atoms with Crippen LogP contribution >= 0.6 is 0 Å². The highest BCUT2D eigenvalue weighted by molar-refractivity contribution is 5.80. The lowest BCUT2D eigenvalue weighted by Gasteiger charge is -2.35. The van der Waals surface area contributed by atoms with Crippen molar-refractivity contribution in [3.63, 3.8) is 0 Å². The van der Waals surface area contributed by atoms with Gasteiger partial charge in [-0.2, -0.15) is 0 Å². The van der Waals surface area contributed by atoms with Crippen molar-refractivity contribution in [1.29, 1.82) is 0 Å². The first-order chi connectivity index (χ1) is 11.2. The zero-order valence-electron chi connectivity index (χ0n) is 14.3. The molecule has 0 aliphatic carbocycles. The zero-order chi connectivity index (χ0) is 16.1. The Balaban J connectivity index is 1.33. The Hall–Kier alpha value is -1.39. The molecule has 1 atom stereocenters. The molecule has 2 fully saturated rings. The third kappa shape index (κ3) is 4.55. The Morgan fingerprint density at radius 3 is 2.30 bits per heavy atom. The van der Waals surface area contributed by atoms with Gasteiger partial charge in [-0.05, 0) is 24.9 Å². The maximum atomic E-state index is 11.9. The second kappa shape index (κ2) is 7.93. The molecule has 3 rings (SSSR count). The molecule has 2 heterocycles. The average Bonchev–Trinajstić information content (AvgIpc) is 2.90. The van der Waals surface area contributed by atoms with E-state index < -0.39 is 0 Å². The third-order valence-electron chi connectivity index (χ3n) is 5.18. The lowest BCUT2D eigenvalue weighted by Crippen LogP contribution is -2.46. The van der Waals surface area contributed by atoms with Gasteiger partial charge in [0.1, 0.15) is 0 Å². The molecule has 0 saturated carbocycles. The normalized spacial score (nSPS) is 23.6. The van der Waals surface area contributed by atoms with Gasteiger partial charge in [0.05, 0.1) is 0 Å². The van der Waals surface area contributed by atoms with Gasteiger partial charge in [-0.1, -0.05) is 37.3 Å². The molecule has 126 valence electrons. The molecule has 2 saturated heterocycles. The summed E-state index contributed by atoms with van der Waals surface area (Å²) in [5, 5.41) is 0. The number of nitrogens with zero attached hydrogens (tertiary/aromatic N) is 3. The summed E-state index contributed by atoms with van der Waals surface area (Å²) in [6, 6.07) is 10.7. The fourth-order valence-corrected chi connectivity index (χ4v) is 3.61. The Kier molecular flexibility index (Phi) is 5.68. The van der Waals surface area contributed by atoms with Gasteiger partial charge in [-0.3, -0.25) is 9.69 Å². The number of hydrogen-bond acceptors (Lipinski definition) is 3. The summed E-state index contributed by atoms with van der Waals surface area (Å²) in [5.41, 5.74) is 1.41. The molecule has 4 heteroatoms. The monoisotopic (exact) mass is 315 g/mol. The molecule has 1 unspecified atom stereocenters. The van der Waals surface area contributed by atoms with Crippen LogP contribution in [-0.4, -0.2) is 66.4 Å². The summed E-state index contributed by atoms with van der Waals surface area (Å²) in [4.78, 5) is 19.0. The molecule has 2 aliphatic heterocycles. The highest BCUT2D eigenvalue weighted by Crippen LogP contribution is 2.17. The number of carbonyl (C=O) groups is 1. The van der Waals surface area contributed by atoms with E-state index in [1.54, 1.807) is 0 Å². The number of likely N-dealkylation sites (tertiary alicyclic amines) is 1. The maximum absolute atomic E-state index is 11.9. The predicted octanol–water partition coefficient (Wildman–Crippen LogP) is 2.06. The van der Waals surface area contributed by atoms with E-state index in [1.807, 2.05) is 6.92 Å². The molecule has 0 bridgehead atoms. The molecule has 0 spiro atoms. The van der Waals surface area contributed by atoms with Crippen LogP contribution in [0.4, 0.5) is 0 Å². The Morgan fingerprint density at radius 2 is 1.65 bits per heavy atom. The van der Waals surface area contributed by atoms with E-state index in [9.17, 15) is 4.79 Å². The van der Waals surface area contributed by atoms with Gasteiger partial charge in [0.2, 0.25) is 5.91 Å². The number of piperazine rings is 1. The molecule has 0 radical (unpaired) electrons. The first kappa shape index (κ1) is 16.5. The van der Waals surface area contributed by atoms with E-state index in [0.717, 1.165) is 65.2 Å². The van der Waals surface area contributed by atoms with E-state index in [1.165, 1.54) is 5.56 Å². The SMILES string of the molecule is CC1CCN(CCCN2CCN(Cc3ccccc3)CC2)C1=O. The van der Waals surface area contributed by atoms with E-state index >= 15 is 0 Å². The lowest BCUT2D eigenvalue weighted by atomic mass is 10.1. The predicted molar refractivity (Wildman–Crippen MR) is 93.1 cm³/mol. The van der Waals surface area contributed by atoms with E-state index in [-0.39, 0.29) is 5.92 Å². The van der Waals surface area contributed by atoms with Crippen molar-refractivity contribution < 1.29 is 4.79 Å². The van der Waals surface area contributed by atoms with Crippen LogP contribution in [0.15, 0.2) is 30.3 Å². The molecule has 0 N–H and O–H groups in total. The van der Waals surface area contributed by atoms with Gasteiger partial charge >= 0.3 is 0 Å². The van der Waals surface area contributed by atoms with Crippen molar-refractivity contribution in [3.8, 4) is 0 Å². The van der Waals surface area contributed by atoms with Gasteiger partial charge in [-0.25, -0.2) is 0 Å². The van der Waals surface area contributed by atoms with Crippen molar-refractivity contribution >= 4 is 5.91 Å². The van der Waals surface area contributed by atoms with Crippen LogP contribution in [0.2, 0.25) is 0 Å². The van der Waals surface area contributed by atoms with Crippen LogP contribution < -0.4 is 0 Å². The maximum Gasteiger partial charge on any atom is 0.225 e. The lowest BCUT2D eigenvalue weighted by molar-refractivity contribution is -0.130. The smallest absolute Gasteiger partial charge is 0.225 e. The van der Waals surface area contributed by atoms with Crippen molar-refractivity contribution in [3.05, 3.63) is 35.9 Å². The summed E-state index contributed by atoms with van der Waals surface area (Å²) in [6.45, 7) is 10.7. The minimum atomic E-state index is 0.247. The Bertz CT molecular complexity index is 497. The molecule has 1 aromatic rings. The topological polar surface area (TPSA) is 26.8 Å². The molecule has 0 aromatic heterocycles. The van der Waals surface area contributed by atoms with E-state index in [4.69, 9.17) is 0 Å². The van der Waals surface area contributed by atoms with Crippen LogP contribution in [0.5, 0.6) is 0 Å². The minimum absolute atomic E-state index is 0.247. The van der Waals surface area contributed by atoms with Gasteiger partial charge < -0.3 is 9.80 Å². The molecule has 23 heavy (non-hydrogen) atoms. The third-order valence-corrected chi connectivity index (χ3v) is 5.18. The Morgan fingerprint density at radius 1 is 0.957 bits per heavy atom. The van der Waals surface area contributed by atoms with Crippen LogP contribution in [0.25, 0.3) is 0 Å². The molecule has 1 amide bonds. The van der Waals surface area contributed by atoms with Crippen molar-refractivity contribution in [2.45, 2.75) is 26.3 Å². The van der Waals surface area contributed by atoms with Gasteiger partial charge in [0.25, 0.3) is 0 Å². The summed E-state index contributed by atoms with van der Waals surface area (Å²) < 4.78 is 0. The quantitative estimate of drug-likeness (QED) is 0.804. The molecule has 2 aliphatic rings. The number of benzene rings is 1. The standard InChI is InChI=1S/C19H29N3O/c1-17-8-11-22(19(17)23)10-5-9-20-12-14-21(15-13-20)16-18-6-3-2-4-7-18/h2-4,6-7,17H,5,8-16H2,1H3. The Labute approximate surface area is 140 Å². The number of hydrogen-bond donors (Lipinski definition) is 0. The average molecular weight is 315 g/mol. The molecule has 1 aromatic carbocycles. The van der Waals surface area contributed by atoms with Gasteiger partial charge in [-0.15, -0.1) is 0 Å². The minimum Gasteiger partial charge on any atom is -0.342 e. The van der Waals surface area contributed by atoms with E-state index in [2.05, 4.69) is 45.0 Å². The van der Waals surface area contributed by atoms with Gasteiger partial charge in [0, 0.05) is 51.7 Å². The second-order valence-corrected chi connectivity index (χ2v) is 6.97. The summed E-state index contributed by atoms with van der Waals surface area (Å²) in [7, 11) is 0. The fourth-order valence-electron chi connectivity index (χ4n) is 3.61. The summed E-state index contributed by atoms with van der Waals surface area (Å²) in [5.74, 6) is 0.606. The molecular weight excluding hydrogens is 286 g/mol. The zero-order valence-corrected chi connectivity index (χ0v) is 14.3. The van der Waals surface area contributed by atoms with E-state index in [0.29, 0.717) is 5.91 Å². The van der Waals surface area contributed by atoms with Crippen LogP contribution in [-0.2, 0) is 11.3 Å². The van der Waals surface area contributed by atoms with Gasteiger partial charge in [0.15, 0.2) is 0 Å². The number of rotatable bonds is 6. The molecular formula is C19H29N3O. The van der Waals surface area contributed by atoms with Crippen LogP contribution in [0, 0.1) is 5.92 Å². The summed E-state index contributed by atoms with van der Waals surface area (Å²) >= 11 is 0. The van der Waals surface area contributed by atoms with Crippen molar-refractivity contribution in [2.75, 3.05) is 45.8 Å².